The van der Waals surface area contributed by atoms with Crippen molar-refractivity contribution in [3.05, 3.63) is 18.0 Å². The Morgan fingerprint density at radius 1 is 1.61 bits per heavy atom. The normalized spacial score (nSPS) is 9.83. The molecular weight excluding hydrogens is 254 g/mol. The quantitative estimate of drug-likeness (QED) is 0.443. The van der Waals surface area contributed by atoms with Gasteiger partial charge in [-0.2, -0.15) is 0 Å². The molecule has 4 N–H and O–H groups in total. The number of ether oxygens (including phenoxy) is 1. The van der Waals surface area contributed by atoms with Crippen LogP contribution in [0.25, 0.3) is 0 Å². The highest BCUT2D eigenvalue weighted by molar-refractivity contribution is 7.80. The number of methoxy groups -OCH3 is 1. The molecule has 0 aliphatic carbocycles. The van der Waals surface area contributed by atoms with Gasteiger partial charge in [-0.15, -0.1) is 0 Å². The number of nitrogens with zero attached hydrogens (tertiary/aromatic N) is 2. The molecule has 0 aliphatic rings. The zero-order valence-electron chi connectivity index (χ0n) is 9.97. The topological polar surface area (TPSA) is 102 Å². The molecule has 0 spiro atoms. The van der Waals surface area contributed by atoms with E-state index in [-0.39, 0.29) is 17.4 Å². The van der Waals surface area contributed by atoms with E-state index < -0.39 is 0 Å². The van der Waals surface area contributed by atoms with Crippen LogP contribution in [0.5, 0.6) is 0 Å². The van der Waals surface area contributed by atoms with Crippen molar-refractivity contribution in [3.8, 4) is 0 Å². The van der Waals surface area contributed by atoms with Gasteiger partial charge in [0.1, 0.15) is 10.7 Å². The van der Waals surface area contributed by atoms with Crippen LogP contribution in [-0.2, 0) is 9.53 Å². The van der Waals surface area contributed by atoms with Crippen molar-refractivity contribution >= 4 is 29.1 Å². The van der Waals surface area contributed by atoms with E-state index in [9.17, 15) is 4.79 Å². The van der Waals surface area contributed by atoms with Crippen LogP contribution in [0.3, 0.4) is 0 Å². The van der Waals surface area contributed by atoms with Gasteiger partial charge in [0.05, 0.1) is 13.2 Å². The molecule has 0 saturated carbocycles. The van der Waals surface area contributed by atoms with Gasteiger partial charge in [0.2, 0.25) is 11.9 Å². The summed E-state index contributed by atoms with van der Waals surface area (Å²) >= 11 is 4.79. The smallest absolute Gasteiger partial charge is 0.239 e. The lowest BCUT2D eigenvalue weighted by atomic mass is 10.4. The van der Waals surface area contributed by atoms with E-state index in [1.54, 1.807) is 13.2 Å². The number of thiocarbonyl (C=S) groups is 1. The Hall–Kier alpha value is -1.80. The summed E-state index contributed by atoms with van der Waals surface area (Å²) in [4.78, 5) is 19.6. The van der Waals surface area contributed by atoms with Gasteiger partial charge in [0.25, 0.3) is 0 Å². The molecule has 0 radical (unpaired) electrons. The SMILES string of the molecule is COCCNC(=O)CNc1nccc(C(N)=S)n1. The molecule has 18 heavy (non-hydrogen) atoms. The Bertz CT molecular complexity index is 426. The van der Waals surface area contributed by atoms with E-state index in [1.807, 2.05) is 0 Å². The predicted molar refractivity (Wildman–Crippen MR) is 71.3 cm³/mol. The molecule has 1 rings (SSSR count). The summed E-state index contributed by atoms with van der Waals surface area (Å²) in [5.41, 5.74) is 5.90. The molecule has 0 bridgehead atoms. The van der Waals surface area contributed by atoms with Crippen molar-refractivity contribution in [2.75, 3.05) is 32.1 Å². The maximum absolute atomic E-state index is 11.4. The van der Waals surface area contributed by atoms with E-state index in [1.165, 1.54) is 6.20 Å². The molecule has 98 valence electrons. The molecule has 1 aromatic rings. The van der Waals surface area contributed by atoms with E-state index in [0.29, 0.717) is 24.8 Å². The third-order valence-corrected chi connectivity index (χ3v) is 2.15. The first-order valence-electron chi connectivity index (χ1n) is 5.26. The fraction of sp³-hybridized carbons (Fsp3) is 0.400. The lowest BCUT2D eigenvalue weighted by Crippen LogP contribution is -2.32. The summed E-state index contributed by atoms with van der Waals surface area (Å²) in [5, 5.41) is 5.44. The summed E-state index contributed by atoms with van der Waals surface area (Å²) in [6, 6.07) is 1.60. The fourth-order valence-corrected chi connectivity index (χ4v) is 1.21. The number of carbonyl (C=O) groups excluding carboxylic acids is 1. The van der Waals surface area contributed by atoms with Crippen LogP contribution in [-0.4, -0.2) is 47.7 Å². The van der Waals surface area contributed by atoms with Crippen molar-refractivity contribution in [1.29, 1.82) is 0 Å². The minimum absolute atomic E-state index is 0.0739. The van der Waals surface area contributed by atoms with Gasteiger partial charge in [-0.05, 0) is 6.07 Å². The molecule has 1 amide bonds. The second-order valence-electron chi connectivity index (χ2n) is 3.33. The Morgan fingerprint density at radius 3 is 3.06 bits per heavy atom. The molecule has 0 atom stereocenters. The van der Waals surface area contributed by atoms with Gasteiger partial charge >= 0.3 is 0 Å². The number of anilines is 1. The van der Waals surface area contributed by atoms with Crippen molar-refractivity contribution in [2.24, 2.45) is 5.73 Å². The van der Waals surface area contributed by atoms with Gasteiger partial charge < -0.3 is 21.1 Å². The maximum atomic E-state index is 11.4. The second-order valence-corrected chi connectivity index (χ2v) is 3.77. The van der Waals surface area contributed by atoms with E-state index >= 15 is 0 Å². The number of nitrogens with one attached hydrogen (secondary N) is 2. The largest absolute Gasteiger partial charge is 0.388 e. The highest BCUT2D eigenvalue weighted by atomic mass is 32.1. The predicted octanol–water partition coefficient (Wildman–Crippen LogP) is -0.715. The lowest BCUT2D eigenvalue weighted by Gasteiger charge is -2.06. The van der Waals surface area contributed by atoms with Crippen LogP contribution in [0.15, 0.2) is 12.3 Å². The fourth-order valence-electron chi connectivity index (χ4n) is 1.10. The number of amides is 1. The Kier molecular flexibility index (Phi) is 5.95. The number of nitrogens with two attached hydrogens (primary N) is 1. The van der Waals surface area contributed by atoms with Crippen molar-refractivity contribution in [1.82, 2.24) is 15.3 Å². The van der Waals surface area contributed by atoms with Gasteiger partial charge in [-0.3, -0.25) is 4.79 Å². The first-order chi connectivity index (χ1) is 8.63. The second kappa shape index (κ2) is 7.51. The summed E-state index contributed by atoms with van der Waals surface area (Å²) < 4.78 is 4.81. The minimum Gasteiger partial charge on any atom is -0.388 e. The molecule has 0 aromatic carbocycles. The van der Waals surface area contributed by atoms with Crippen LogP contribution in [0.1, 0.15) is 5.69 Å². The molecule has 1 heterocycles. The summed E-state index contributed by atoms with van der Waals surface area (Å²) in [5.74, 6) is 0.138. The minimum atomic E-state index is -0.170. The first kappa shape index (κ1) is 14.3. The standard InChI is InChI=1S/C10H15N5O2S/c1-17-5-4-12-8(16)6-14-10-13-3-2-7(15-10)9(11)18/h2-3H,4-6H2,1H3,(H2,11,18)(H,12,16)(H,13,14,15). The van der Waals surface area contributed by atoms with Crippen molar-refractivity contribution < 1.29 is 9.53 Å². The Morgan fingerprint density at radius 2 is 2.39 bits per heavy atom. The summed E-state index contributed by atoms with van der Waals surface area (Å²) in [7, 11) is 1.57. The maximum Gasteiger partial charge on any atom is 0.239 e. The highest BCUT2D eigenvalue weighted by Gasteiger charge is 2.04. The molecule has 1 aromatic heterocycles. The Balaban J connectivity index is 2.41. The van der Waals surface area contributed by atoms with Crippen molar-refractivity contribution in [3.63, 3.8) is 0 Å². The third kappa shape index (κ3) is 5.02. The number of hydrogen-bond acceptors (Lipinski definition) is 6. The van der Waals surface area contributed by atoms with Crippen LogP contribution >= 0.6 is 12.2 Å². The molecule has 7 nitrogen and oxygen atoms in total. The van der Waals surface area contributed by atoms with Gasteiger partial charge in [0, 0.05) is 19.9 Å². The number of carbonyl (C=O) groups is 1. The van der Waals surface area contributed by atoms with Crippen LogP contribution in [0.2, 0.25) is 0 Å². The number of rotatable bonds is 7. The lowest BCUT2D eigenvalue weighted by molar-refractivity contribution is -0.119. The van der Waals surface area contributed by atoms with E-state index in [0.717, 1.165) is 0 Å². The zero-order valence-corrected chi connectivity index (χ0v) is 10.8. The Labute approximate surface area is 110 Å². The molecule has 0 aliphatic heterocycles. The van der Waals surface area contributed by atoms with E-state index in [2.05, 4.69) is 20.6 Å². The van der Waals surface area contributed by atoms with Gasteiger partial charge in [-0.1, -0.05) is 12.2 Å². The van der Waals surface area contributed by atoms with Crippen LogP contribution in [0, 0.1) is 0 Å². The van der Waals surface area contributed by atoms with Crippen LogP contribution in [0.4, 0.5) is 5.95 Å². The average Bonchev–Trinajstić information content (AvgIpc) is 2.37. The van der Waals surface area contributed by atoms with E-state index in [4.69, 9.17) is 22.7 Å². The number of hydrogen-bond donors (Lipinski definition) is 3. The zero-order chi connectivity index (χ0) is 13.4. The summed E-state index contributed by atoms with van der Waals surface area (Å²) in [6.07, 6.45) is 1.52. The average molecular weight is 269 g/mol. The highest BCUT2D eigenvalue weighted by Crippen LogP contribution is 1.99. The molecule has 8 heteroatoms. The van der Waals surface area contributed by atoms with Crippen molar-refractivity contribution in [2.45, 2.75) is 0 Å². The molecule has 0 unspecified atom stereocenters. The van der Waals surface area contributed by atoms with Gasteiger partial charge in [0.15, 0.2) is 0 Å². The monoisotopic (exact) mass is 269 g/mol. The molecule has 0 fully saturated rings. The van der Waals surface area contributed by atoms with Crippen LogP contribution < -0.4 is 16.4 Å². The first-order valence-corrected chi connectivity index (χ1v) is 5.66. The molecule has 0 saturated heterocycles. The third-order valence-electron chi connectivity index (χ3n) is 1.94. The molecular formula is C10H15N5O2S. The summed E-state index contributed by atoms with van der Waals surface area (Å²) in [6.45, 7) is 1.01. The van der Waals surface area contributed by atoms with Gasteiger partial charge in [-0.25, -0.2) is 9.97 Å². The number of aromatic nitrogens is 2.